The lowest BCUT2D eigenvalue weighted by molar-refractivity contribution is 0.270. The van der Waals surface area contributed by atoms with Crippen molar-refractivity contribution in [2.24, 2.45) is 0 Å². The molecule has 1 aromatic heterocycles. The summed E-state index contributed by atoms with van der Waals surface area (Å²) in [5.74, 6) is 2.07. The van der Waals surface area contributed by atoms with Gasteiger partial charge in [-0.1, -0.05) is 45.0 Å². The van der Waals surface area contributed by atoms with E-state index in [0.717, 1.165) is 11.1 Å². The SMILES string of the molecule is COc1ccc(CN(Cc2ccc(OC)cc2)S(=O)(=O)c2cn(CCO[Si](C)(C)C(C)(C)C)c(C)n2)cc1. The van der Waals surface area contributed by atoms with Gasteiger partial charge in [0.2, 0.25) is 0 Å². The van der Waals surface area contributed by atoms with Gasteiger partial charge in [-0.25, -0.2) is 13.4 Å². The Hall–Kier alpha value is -2.66. The fourth-order valence-electron chi connectivity index (χ4n) is 3.67. The summed E-state index contributed by atoms with van der Waals surface area (Å²) in [6.45, 7) is 14.3. The molecular weight excluding hydrogens is 518 g/mol. The molecule has 2 aromatic carbocycles. The molecule has 0 aliphatic rings. The van der Waals surface area contributed by atoms with Crippen LogP contribution in [0.25, 0.3) is 0 Å². The zero-order valence-electron chi connectivity index (χ0n) is 23.8. The van der Waals surface area contributed by atoms with Crippen molar-refractivity contribution >= 4 is 18.3 Å². The van der Waals surface area contributed by atoms with Crippen molar-refractivity contribution in [3.8, 4) is 11.5 Å². The van der Waals surface area contributed by atoms with Gasteiger partial charge in [-0.2, -0.15) is 4.31 Å². The van der Waals surface area contributed by atoms with Gasteiger partial charge in [-0.3, -0.25) is 0 Å². The lowest BCUT2D eigenvalue weighted by Gasteiger charge is -2.36. The molecule has 0 saturated carbocycles. The van der Waals surface area contributed by atoms with Crippen LogP contribution in [0.5, 0.6) is 11.5 Å². The van der Waals surface area contributed by atoms with Crippen molar-refractivity contribution < 1.29 is 22.3 Å². The molecule has 0 aliphatic heterocycles. The molecule has 10 heteroatoms. The molecule has 208 valence electrons. The third-order valence-electron chi connectivity index (χ3n) is 7.20. The summed E-state index contributed by atoms with van der Waals surface area (Å²) in [6, 6.07) is 14.8. The largest absolute Gasteiger partial charge is 0.497 e. The summed E-state index contributed by atoms with van der Waals surface area (Å²) in [5.41, 5.74) is 1.70. The quantitative estimate of drug-likeness (QED) is 0.268. The Kier molecular flexibility index (Phi) is 9.46. The highest BCUT2D eigenvalue weighted by atomic mass is 32.2. The molecule has 0 bridgehead atoms. The van der Waals surface area contributed by atoms with Crippen molar-refractivity contribution in [2.75, 3.05) is 20.8 Å². The van der Waals surface area contributed by atoms with Crippen molar-refractivity contribution in [3.63, 3.8) is 0 Å². The molecule has 0 saturated heterocycles. The van der Waals surface area contributed by atoms with Crippen molar-refractivity contribution in [3.05, 3.63) is 71.7 Å². The summed E-state index contributed by atoms with van der Waals surface area (Å²) < 4.78 is 47.9. The van der Waals surface area contributed by atoms with Gasteiger partial charge in [0.25, 0.3) is 10.0 Å². The average Bonchev–Trinajstić information content (AvgIpc) is 3.25. The third-order valence-corrected chi connectivity index (χ3v) is 13.4. The molecule has 0 N–H and O–H groups in total. The van der Waals surface area contributed by atoms with E-state index in [0.29, 0.717) is 30.5 Å². The minimum absolute atomic E-state index is 0.0318. The molecule has 0 unspecified atom stereocenters. The summed E-state index contributed by atoms with van der Waals surface area (Å²) in [4.78, 5) is 4.45. The van der Waals surface area contributed by atoms with Crippen LogP contribution in [0.2, 0.25) is 18.1 Å². The number of methoxy groups -OCH3 is 2. The monoisotopic (exact) mass is 559 g/mol. The van der Waals surface area contributed by atoms with Crippen molar-refractivity contribution in [2.45, 2.75) is 70.5 Å². The Bertz CT molecular complexity index is 1250. The van der Waals surface area contributed by atoms with Gasteiger partial charge in [0.15, 0.2) is 13.3 Å². The lowest BCUT2D eigenvalue weighted by Crippen LogP contribution is -2.41. The number of hydrogen-bond acceptors (Lipinski definition) is 6. The standard InChI is InChI=1S/C28H41N3O5SSi/c1-22-29-27(21-30(22)17-18-36-38(7,8)28(2,3)4)37(32,33)31(19-23-9-13-25(34-5)14-10-23)20-24-11-15-26(35-6)16-12-24/h9-16,21H,17-20H2,1-8H3. The maximum absolute atomic E-state index is 13.9. The number of aromatic nitrogens is 2. The molecule has 3 aromatic rings. The van der Waals surface area contributed by atoms with Crippen LogP contribution in [0.3, 0.4) is 0 Å². The van der Waals surface area contributed by atoms with E-state index in [2.05, 4.69) is 38.8 Å². The molecule has 1 heterocycles. The first-order chi connectivity index (χ1) is 17.8. The maximum atomic E-state index is 13.9. The van der Waals surface area contributed by atoms with Gasteiger partial charge < -0.3 is 18.5 Å². The van der Waals surface area contributed by atoms with Gasteiger partial charge in [0, 0.05) is 25.8 Å². The van der Waals surface area contributed by atoms with Gasteiger partial charge in [-0.05, 0) is 60.4 Å². The van der Waals surface area contributed by atoms with Crippen LogP contribution in [0, 0.1) is 6.92 Å². The highest BCUT2D eigenvalue weighted by Gasteiger charge is 2.37. The topological polar surface area (TPSA) is 82.9 Å². The Balaban J connectivity index is 1.86. The van der Waals surface area contributed by atoms with Crippen LogP contribution in [-0.2, 0) is 34.1 Å². The van der Waals surface area contributed by atoms with Crippen molar-refractivity contribution in [1.82, 2.24) is 13.9 Å². The minimum atomic E-state index is -3.90. The Morgan fingerprint density at radius 3 is 1.79 bits per heavy atom. The average molecular weight is 560 g/mol. The summed E-state index contributed by atoms with van der Waals surface area (Å²) in [7, 11) is -2.60. The second kappa shape index (κ2) is 12.0. The fourth-order valence-corrected chi connectivity index (χ4v) is 6.12. The Morgan fingerprint density at radius 1 is 0.895 bits per heavy atom. The highest BCUT2D eigenvalue weighted by molar-refractivity contribution is 7.89. The first-order valence-electron chi connectivity index (χ1n) is 12.7. The van der Waals surface area contributed by atoms with Crippen LogP contribution >= 0.6 is 0 Å². The number of ether oxygens (including phenoxy) is 2. The van der Waals surface area contributed by atoms with Gasteiger partial charge in [0.05, 0.1) is 20.8 Å². The molecule has 3 rings (SSSR count). The van der Waals surface area contributed by atoms with E-state index in [1.807, 2.05) is 60.0 Å². The summed E-state index contributed by atoms with van der Waals surface area (Å²) in [6.07, 6.45) is 1.62. The highest BCUT2D eigenvalue weighted by Crippen LogP contribution is 2.36. The van der Waals surface area contributed by atoms with E-state index in [1.165, 1.54) is 4.31 Å². The van der Waals surface area contributed by atoms with E-state index >= 15 is 0 Å². The Morgan fingerprint density at radius 2 is 1.37 bits per heavy atom. The predicted octanol–water partition coefficient (Wildman–Crippen LogP) is 5.62. The zero-order chi connectivity index (χ0) is 28.1. The van der Waals surface area contributed by atoms with Crippen LogP contribution < -0.4 is 9.47 Å². The molecule has 8 nitrogen and oxygen atoms in total. The number of hydrogen-bond donors (Lipinski definition) is 0. The second-order valence-corrected chi connectivity index (χ2v) is 17.6. The van der Waals surface area contributed by atoms with Crippen LogP contribution in [0.1, 0.15) is 37.7 Å². The normalized spacial score (nSPS) is 12.7. The van der Waals surface area contributed by atoms with E-state index in [4.69, 9.17) is 13.9 Å². The van der Waals surface area contributed by atoms with E-state index in [-0.39, 0.29) is 23.2 Å². The molecular formula is C28H41N3O5SSi. The summed E-state index contributed by atoms with van der Waals surface area (Å²) >= 11 is 0. The van der Waals surface area contributed by atoms with Crippen molar-refractivity contribution in [1.29, 1.82) is 0 Å². The number of rotatable bonds is 12. The van der Waals surface area contributed by atoms with E-state index in [1.54, 1.807) is 20.4 Å². The molecule has 0 fully saturated rings. The van der Waals surface area contributed by atoms with Gasteiger partial charge >= 0.3 is 0 Å². The first kappa shape index (κ1) is 29.9. The van der Waals surface area contributed by atoms with Crippen LogP contribution in [0.15, 0.2) is 59.8 Å². The van der Waals surface area contributed by atoms with E-state index < -0.39 is 18.3 Å². The molecule has 0 radical (unpaired) electrons. The predicted molar refractivity (Wildman–Crippen MR) is 153 cm³/mol. The number of aryl methyl sites for hydroxylation is 1. The van der Waals surface area contributed by atoms with Crippen LogP contribution in [0.4, 0.5) is 0 Å². The number of imidazole rings is 1. The smallest absolute Gasteiger partial charge is 0.262 e. The van der Waals surface area contributed by atoms with E-state index in [9.17, 15) is 8.42 Å². The zero-order valence-corrected chi connectivity index (χ0v) is 25.6. The second-order valence-electron chi connectivity index (χ2n) is 10.9. The number of benzene rings is 2. The maximum Gasteiger partial charge on any atom is 0.262 e. The molecule has 0 atom stereocenters. The van der Waals surface area contributed by atoms with Gasteiger partial charge in [0.1, 0.15) is 17.3 Å². The molecule has 0 aliphatic carbocycles. The molecule has 38 heavy (non-hydrogen) atoms. The molecule has 0 spiro atoms. The van der Waals surface area contributed by atoms with Crippen LogP contribution in [-0.4, -0.2) is 51.4 Å². The van der Waals surface area contributed by atoms with Gasteiger partial charge in [-0.15, -0.1) is 0 Å². The first-order valence-corrected chi connectivity index (χ1v) is 17.1. The third kappa shape index (κ3) is 7.25. The fraction of sp³-hybridized carbons (Fsp3) is 0.464. The number of nitrogens with zero attached hydrogens (tertiary/aromatic N) is 3. The number of sulfonamides is 1. The summed E-state index contributed by atoms with van der Waals surface area (Å²) in [5, 5.41) is 0.138. The molecule has 0 amide bonds. The lowest BCUT2D eigenvalue weighted by atomic mass is 10.2. The minimum Gasteiger partial charge on any atom is -0.497 e. The Labute approximate surface area is 228 Å².